The van der Waals surface area contributed by atoms with Crippen LogP contribution in [-0.2, 0) is 9.31 Å². The van der Waals surface area contributed by atoms with Gasteiger partial charge in [-0.15, -0.1) is 0 Å². The molecule has 7 heteroatoms. The molecule has 0 bridgehead atoms. The maximum absolute atomic E-state index is 13.3. The first-order valence-electron chi connectivity index (χ1n) is 6.99. The summed E-state index contributed by atoms with van der Waals surface area (Å²) in [6.45, 7) is 7.43. The molecule has 0 spiro atoms. The zero-order valence-electron chi connectivity index (χ0n) is 12.4. The monoisotopic (exact) mass is 318 g/mol. The predicted octanol–water partition coefficient (Wildman–Crippen LogP) is 4.49. The second-order valence-corrected chi connectivity index (χ2v) is 7.63. The fourth-order valence-electron chi connectivity index (χ4n) is 3.03. The van der Waals surface area contributed by atoms with Crippen LogP contribution in [0.4, 0.5) is 13.2 Å². The van der Waals surface area contributed by atoms with Gasteiger partial charge in [-0.2, -0.15) is 24.5 Å². The number of thiophene rings is 1. The zero-order chi connectivity index (χ0) is 15.6. The number of hydrogen-bond donors (Lipinski definition) is 0. The highest BCUT2D eigenvalue weighted by atomic mass is 32.1. The molecule has 3 rings (SSSR count). The molecule has 21 heavy (non-hydrogen) atoms. The Morgan fingerprint density at radius 1 is 1.14 bits per heavy atom. The molecule has 2 nitrogen and oxygen atoms in total. The molecular weight excluding hydrogens is 300 g/mol. The molecule has 0 radical (unpaired) electrons. The maximum Gasteiger partial charge on any atom is 0.462 e. The van der Waals surface area contributed by atoms with Crippen LogP contribution in [0.3, 0.4) is 0 Å². The van der Waals surface area contributed by atoms with Crippen molar-refractivity contribution in [3.05, 3.63) is 22.4 Å². The van der Waals surface area contributed by atoms with Crippen molar-refractivity contribution in [1.82, 2.24) is 0 Å². The van der Waals surface area contributed by atoms with E-state index >= 15 is 0 Å². The minimum absolute atomic E-state index is 0.550. The SMILES string of the molecule is CC1(C)OB([C@H]2[C@H](c3ccsc3)[C@@H]2C(F)(F)F)OC1(C)C. The third kappa shape index (κ3) is 2.43. The number of alkyl halides is 3. The molecule has 116 valence electrons. The summed E-state index contributed by atoms with van der Waals surface area (Å²) in [6.07, 6.45) is -4.22. The zero-order valence-corrected chi connectivity index (χ0v) is 13.2. The lowest BCUT2D eigenvalue weighted by Gasteiger charge is -2.32. The molecule has 3 atom stereocenters. The van der Waals surface area contributed by atoms with E-state index in [1.165, 1.54) is 11.3 Å². The van der Waals surface area contributed by atoms with Gasteiger partial charge in [-0.05, 0) is 56.0 Å². The molecule has 1 aliphatic carbocycles. The normalized spacial score (nSPS) is 34.2. The molecule has 0 unspecified atom stereocenters. The summed E-state index contributed by atoms with van der Waals surface area (Å²) in [5.41, 5.74) is -0.465. The van der Waals surface area contributed by atoms with E-state index in [1.807, 2.05) is 33.1 Å². The van der Waals surface area contributed by atoms with Crippen LogP contribution in [0, 0.1) is 5.92 Å². The Balaban J connectivity index is 1.85. The van der Waals surface area contributed by atoms with Crippen molar-refractivity contribution in [3.8, 4) is 0 Å². The van der Waals surface area contributed by atoms with E-state index in [1.54, 1.807) is 11.4 Å². The number of rotatable bonds is 2. The highest BCUT2D eigenvalue weighted by Crippen LogP contribution is 2.68. The van der Waals surface area contributed by atoms with Crippen molar-refractivity contribution in [2.75, 3.05) is 0 Å². The van der Waals surface area contributed by atoms with Gasteiger partial charge in [0.2, 0.25) is 0 Å². The quantitative estimate of drug-likeness (QED) is 0.748. The Bertz CT molecular complexity index is 511. The van der Waals surface area contributed by atoms with Gasteiger partial charge in [-0.25, -0.2) is 0 Å². The van der Waals surface area contributed by atoms with E-state index in [0.717, 1.165) is 5.56 Å². The molecule has 0 aromatic carbocycles. The highest BCUT2D eigenvalue weighted by Gasteiger charge is 2.72. The summed E-state index contributed by atoms with van der Waals surface area (Å²) >= 11 is 1.42. The van der Waals surface area contributed by atoms with E-state index in [-0.39, 0.29) is 0 Å². The molecular formula is C14H18BF3O2S. The fraction of sp³-hybridized carbons (Fsp3) is 0.714. The molecule has 1 aromatic heterocycles. The van der Waals surface area contributed by atoms with Crippen LogP contribution in [-0.4, -0.2) is 24.5 Å². The van der Waals surface area contributed by atoms with Crippen LogP contribution in [0.1, 0.15) is 39.2 Å². The standard InChI is InChI=1S/C14H18BF3O2S/c1-12(2)13(3,4)20-15(19-12)11-9(8-5-6-21-7-8)10(11)14(16,17)18/h5-7,9-11H,1-4H3/t9-,10+,11+/m1/s1. The van der Waals surface area contributed by atoms with Crippen molar-refractivity contribution in [2.24, 2.45) is 5.92 Å². The summed E-state index contributed by atoms with van der Waals surface area (Å²) in [6, 6.07) is 1.76. The van der Waals surface area contributed by atoms with Crippen molar-refractivity contribution in [2.45, 2.75) is 56.8 Å². The summed E-state index contributed by atoms with van der Waals surface area (Å²) in [7, 11) is -0.800. The predicted molar refractivity (Wildman–Crippen MR) is 76.4 cm³/mol. The Labute approximate surface area is 126 Å². The molecule has 0 N–H and O–H groups in total. The van der Waals surface area contributed by atoms with Crippen LogP contribution in [0.25, 0.3) is 0 Å². The average molecular weight is 318 g/mol. The highest BCUT2D eigenvalue weighted by molar-refractivity contribution is 7.08. The molecule has 2 heterocycles. The summed E-state index contributed by atoms with van der Waals surface area (Å²) in [5, 5.41) is 3.59. The Kier molecular flexibility index (Phi) is 3.29. The van der Waals surface area contributed by atoms with E-state index in [4.69, 9.17) is 9.31 Å². The van der Waals surface area contributed by atoms with Gasteiger partial charge in [-0.1, -0.05) is 0 Å². The van der Waals surface area contributed by atoms with Gasteiger partial charge < -0.3 is 9.31 Å². The largest absolute Gasteiger partial charge is 0.462 e. The van der Waals surface area contributed by atoms with Gasteiger partial charge >= 0.3 is 13.3 Å². The van der Waals surface area contributed by atoms with Gasteiger partial charge in [0.15, 0.2) is 0 Å². The van der Waals surface area contributed by atoms with Gasteiger partial charge in [0, 0.05) is 5.82 Å². The molecule has 2 aliphatic rings. The van der Waals surface area contributed by atoms with E-state index in [0.29, 0.717) is 0 Å². The Morgan fingerprint density at radius 2 is 1.71 bits per heavy atom. The van der Waals surface area contributed by atoms with Crippen molar-refractivity contribution < 1.29 is 22.5 Å². The van der Waals surface area contributed by atoms with E-state index < -0.39 is 42.1 Å². The lowest BCUT2D eigenvalue weighted by atomic mass is 9.79. The molecule has 1 saturated heterocycles. The molecule has 1 aromatic rings. The topological polar surface area (TPSA) is 18.5 Å². The molecule has 0 amide bonds. The number of hydrogen-bond acceptors (Lipinski definition) is 3. The summed E-state index contributed by atoms with van der Waals surface area (Å²) in [5.74, 6) is -2.58. The maximum atomic E-state index is 13.3. The van der Waals surface area contributed by atoms with Crippen LogP contribution in [0.5, 0.6) is 0 Å². The van der Waals surface area contributed by atoms with Gasteiger partial charge in [0.05, 0.1) is 17.1 Å². The third-order valence-corrected chi connectivity index (χ3v) is 5.67. The average Bonchev–Trinajstić information content (AvgIpc) is 2.75. The minimum Gasteiger partial charge on any atom is -0.403 e. The van der Waals surface area contributed by atoms with Crippen molar-refractivity contribution in [1.29, 1.82) is 0 Å². The van der Waals surface area contributed by atoms with Gasteiger partial charge in [0.25, 0.3) is 0 Å². The summed E-state index contributed by atoms with van der Waals surface area (Å²) in [4.78, 5) is 0. The number of halogens is 3. The second-order valence-electron chi connectivity index (χ2n) is 6.85. The van der Waals surface area contributed by atoms with Crippen LogP contribution in [0.15, 0.2) is 16.8 Å². The fourth-order valence-corrected chi connectivity index (χ4v) is 3.74. The van der Waals surface area contributed by atoms with E-state index in [2.05, 4.69) is 0 Å². The lowest BCUT2D eigenvalue weighted by molar-refractivity contribution is -0.149. The molecule has 1 saturated carbocycles. The van der Waals surface area contributed by atoms with Crippen molar-refractivity contribution >= 4 is 18.5 Å². The van der Waals surface area contributed by atoms with Crippen LogP contribution in [0.2, 0.25) is 5.82 Å². The smallest absolute Gasteiger partial charge is 0.403 e. The van der Waals surface area contributed by atoms with Gasteiger partial charge in [0.1, 0.15) is 0 Å². The first-order chi connectivity index (χ1) is 9.55. The Hall–Kier alpha value is -0.525. The van der Waals surface area contributed by atoms with Crippen LogP contribution >= 0.6 is 11.3 Å². The van der Waals surface area contributed by atoms with Crippen molar-refractivity contribution in [3.63, 3.8) is 0 Å². The van der Waals surface area contributed by atoms with Gasteiger partial charge in [-0.3, -0.25) is 0 Å². The first-order valence-corrected chi connectivity index (χ1v) is 7.93. The Morgan fingerprint density at radius 3 is 2.14 bits per heavy atom. The second kappa shape index (κ2) is 4.49. The lowest BCUT2D eigenvalue weighted by Crippen LogP contribution is -2.41. The summed E-state index contributed by atoms with van der Waals surface area (Å²) < 4.78 is 51.4. The van der Waals surface area contributed by atoms with E-state index in [9.17, 15) is 13.2 Å². The van der Waals surface area contributed by atoms with Crippen LogP contribution < -0.4 is 0 Å². The minimum atomic E-state index is -4.22. The third-order valence-electron chi connectivity index (χ3n) is 4.97. The molecule has 2 fully saturated rings. The first kappa shape index (κ1) is 15.4. The molecule has 1 aliphatic heterocycles.